The van der Waals surface area contributed by atoms with E-state index in [0.717, 1.165) is 16.3 Å². The number of pyridine rings is 1. The number of thioether (sulfide) groups is 1. The average Bonchev–Trinajstić information content (AvgIpc) is 2.90. The van der Waals surface area contributed by atoms with E-state index < -0.39 is 39.7 Å². The molecule has 0 spiro atoms. The van der Waals surface area contributed by atoms with Gasteiger partial charge in [-0.2, -0.15) is 18.3 Å². The summed E-state index contributed by atoms with van der Waals surface area (Å²) in [5.74, 6) is 0.138. The number of H-pyrrole nitrogens is 2. The van der Waals surface area contributed by atoms with Crippen LogP contribution < -0.4 is 22.0 Å². The zero-order chi connectivity index (χ0) is 22.1. The van der Waals surface area contributed by atoms with E-state index >= 15 is 0 Å². The molecule has 0 fully saturated rings. The first-order valence-electron chi connectivity index (χ1n) is 8.97. The van der Waals surface area contributed by atoms with Crippen molar-refractivity contribution in [3.8, 4) is 0 Å². The molecule has 0 unspecified atom stereocenters. The molecular weight excluding hydrogens is 459 g/mol. The molecule has 0 saturated heterocycles. The Morgan fingerprint density at radius 3 is 2.71 bits per heavy atom. The van der Waals surface area contributed by atoms with Crippen LogP contribution in [0.4, 0.5) is 13.2 Å². The van der Waals surface area contributed by atoms with Crippen LogP contribution in [0.5, 0.6) is 0 Å². The van der Waals surface area contributed by atoms with Gasteiger partial charge in [-0.25, -0.2) is 9.59 Å². The van der Waals surface area contributed by atoms with E-state index in [0.29, 0.717) is 11.7 Å². The summed E-state index contributed by atoms with van der Waals surface area (Å²) in [6.45, 7) is -0.0545. The summed E-state index contributed by atoms with van der Waals surface area (Å²) >= 11 is 7.06. The number of halogens is 4. The van der Waals surface area contributed by atoms with Crippen LogP contribution in [0.2, 0.25) is 5.02 Å². The third kappa shape index (κ3) is 3.00. The first kappa shape index (κ1) is 19.9. The lowest BCUT2D eigenvalue weighted by Gasteiger charge is -2.15. The molecule has 0 aliphatic carbocycles. The normalized spacial score (nSPS) is 16.7. The Bertz CT molecular complexity index is 1550. The fourth-order valence-electron chi connectivity index (χ4n) is 3.75. The van der Waals surface area contributed by atoms with Crippen LogP contribution in [0.25, 0.3) is 16.6 Å². The van der Waals surface area contributed by atoms with Gasteiger partial charge in [-0.3, -0.25) is 14.3 Å². The van der Waals surface area contributed by atoms with Crippen molar-refractivity contribution in [2.45, 2.75) is 23.7 Å². The van der Waals surface area contributed by atoms with Gasteiger partial charge in [0, 0.05) is 11.8 Å². The molecule has 1 aliphatic heterocycles. The van der Waals surface area contributed by atoms with Crippen molar-refractivity contribution < 1.29 is 18.3 Å². The maximum atomic E-state index is 13.5. The Hall–Kier alpha value is -2.99. The largest absolute Gasteiger partial charge is 0.451 e. The van der Waals surface area contributed by atoms with Crippen LogP contribution in [0.3, 0.4) is 0 Å². The summed E-state index contributed by atoms with van der Waals surface area (Å²) in [6, 6.07) is 5.14. The van der Waals surface area contributed by atoms with Crippen molar-refractivity contribution in [2.24, 2.45) is 0 Å². The fraction of sp³-hybridized carbons (Fsp3) is 0.222. The lowest BCUT2D eigenvalue weighted by molar-refractivity contribution is -0.470. The molecule has 0 saturated carbocycles. The highest BCUT2D eigenvalue weighted by Gasteiger charge is 2.37. The fourth-order valence-corrected chi connectivity index (χ4v) is 5.37. The minimum atomic E-state index is -4.79. The zero-order valence-corrected chi connectivity index (χ0v) is 16.9. The van der Waals surface area contributed by atoms with Gasteiger partial charge < -0.3 is 0 Å². The Morgan fingerprint density at radius 1 is 1.23 bits per heavy atom. The highest BCUT2D eigenvalue weighted by atomic mass is 35.5. The molecule has 1 atom stereocenters. The van der Waals surface area contributed by atoms with Crippen molar-refractivity contribution in [1.29, 1.82) is 0 Å². The number of alkyl halides is 3. The maximum Gasteiger partial charge on any atom is 0.451 e. The van der Waals surface area contributed by atoms with E-state index in [1.165, 1.54) is 9.08 Å². The van der Waals surface area contributed by atoms with Crippen molar-refractivity contribution in [3.63, 3.8) is 0 Å². The number of benzene rings is 1. The summed E-state index contributed by atoms with van der Waals surface area (Å²) in [6.07, 6.45) is -3.22. The van der Waals surface area contributed by atoms with E-state index in [-0.39, 0.29) is 28.1 Å². The molecular formula is C18H12ClF3N5O3S+. The second-order valence-electron chi connectivity index (χ2n) is 7.02. The molecule has 0 amide bonds. The summed E-state index contributed by atoms with van der Waals surface area (Å²) in [5, 5.41) is 2.08. The van der Waals surface area contributed by atoms with E-state index in [2.05, 4.69) is 10.1 Å². The smallest absolute Gasteiger partial charge is 0.290 e. The monoisotopic (exact) mass is 470 g/mol. The third-order valence-electron chi connectivity index (χ3n) is 5.17. The molecule has 8 nitrogen and oxygen atoms in total. The van der Waals surface area contributed by atoms with E-state index in [4.69, 9.17) is 11.6 Å². The number of rotatable bonds is 1. The van der Waals surface area contributed by atoms with Crippen molar-refractivity contribution in [3.05, 3.63) is 72.4 Å². The topological polar surface area (TPSA) is 95.4 Å². The van der Waals surface area contributed by atoms with Crippen LogP contribution in [0, 0.1) is 0 Å². The maximum absolute atomic E-state index is 13.5. The Labute approximate surface area is 178 Å². The lowest BCUT2D eigenvalue weighted by Crippen LogP contribution is -2.39. The van der Waals surface area contributed by atoms with E-state index in [9.17, 15) is 27.6 Å². The summed E-state index contributed by atoms with van der Waals surface area (Å²) in [5.41, 5.74) is -2.75. The predicted octanol–water partition coefficient (Wildman–Crippen LogP) is 1.94. The van der Waals surface area contributed by atoms with Crippen LogP contribution in [-0.2, 0) is 12.7 Å². The first-order valence-corrected chi connectivity index (χ1v) is 10.3. The van der Waals surface area contributed by atoms with Crippen LogP contribution in [0.1, 0.15) is 11.6 Å². The van der Waals surface area contributed by atoms with Crippen LogP contribution in [0.15, 0.2) is 49.7 Å². The molecule has 4 heterocycles. The van der Waals surface area contributed by atoms with Gasteiger partial charge >= 0.3 is 23.2 Å². The molecule has 5 rings (SSSR count). The number of aromatic amines is 2. The lowest BCUT2D eigenvalue weighted by atomic mass is 10.1. The average molecular weight is 471 g/mol. The van der Waals surface area contributed by atoms with Crippen LogP contribution >= 0.6 is 23.4 Å². The summed E-state index contributed by atoms with van der Waals surface area (Å²) in [7, 11) is 0. The van der Waals surface area contributed by atoms with Gasteiger partial charge in [-0.05, 0) is 12.1 Å². The van der Waals surface area contributed by atoms with Gasteiger partial charge in [0.1, 0.15) is 12.2 Å². The Morgan fingerprint density at radius 2 is 2.00 bits per heavy atom. The van der Waals surface area contributed by atoms with Gasteiger partial charge in [0.15, 0.2) is 0 Å². The predicted molar refractivity (Wildman–Crippen MR) is 107 cm³/mol. The van der Waals surface area contributed by atoms with Gasteiger partial charge in [0.05, 0.1) is 32.9 Å². The second-order valence-corrected chi connectivity index (χ2v) is 8.42. The standard InChI is InChI=1S/C18H11ClF3N5O3S/c19-12-10(18(20,21)22)5-9-13-14(12)31-7-8(6-26(13)16(29)23-15(9)28)27-17(30)25-4-2-1-3-11(25)24-27/h1-5,8H,6-7H2,(H,23,28,29)/p+1/t8-/m0/s1. The van der Waals surface area contributed by atoms with Gasteiger partial charge in [0.2, 0.25) is 0 Å². The molecule has 31 heavy (non-hydrogen) atoms. The van der Waals surface area contributed by atoms with Gasteiger partial charge in [-0.15, -0.1) is 20.8 Å². The molecule has 0 radical (unpaired) electrons. The number of nitrogens with one attached hydrogen (secondary N) is 2. The van der Waals surface area contributed by atoms with E-state index in [1.54, 1.807) is 24.4 Å². The van der Waals surface area contributed by atoms with Crippen molar-refractivity contribution in [1.82, 2.24) is 18.6 Å². The number of aromatic nitrogens is 5. The highest BCUT2D eigenvalue weighted by molar-refractivity contribution is 7.99. The quantitative estimate of drug-likeness (QED) is 0.460. The number of nitrogens with zero attached hydrogens (tertiary/aromatic N) is 3. The van der Waals surface area contributed by atoms with E-state index in [1.807, 2.05) is 0 Å². The Kier molecular flexibility index (Phi) is 4.35. The van der Waals surface area contributed by atoms with Crippen molar-refractivity contribution >= 4 is 39.9 Å². The molecule has 13 heteroatoms. The number of hydrogen-bond donors (Lipinski definition) is 1. The Balaban J connectivity index is 1.76. The SMILES string of the molecule is O=c1[nH]c(=O)n2c3c(c(Cl)c(C(F)(F)F)cc13)SC[C@@H](n1[nH+]c3ccccn3c1=O)C2. The first-order chi connectivity index (χ1) is 14.7. The number of fused-ring (bicyclic) bond motifs is 1. The third-order valence-corrected chi connectivity index (χ3v) is 6.91. The number of hydrogen-bond acceptors (Lipinski definition) is 4. The zero-order valence-electron chi connectivity index (χ0n) is 15.4. The van der Waals surface area contributed by atoms with Crippen molar-refractivity contribution in [2.75, 3.05) is 5.75 Å². The van der Waals surface area contributed by atoms with Crippen LogP contribution in [-0.4, -0.2) is 24.4 Å². The summed E-state index contributed by atoms with van der Waals surface area (Å²) < 4.78 is 44.4. The minimum Gasteiger partial charge on any atom is -0.290 e. The molecule has 3 aromatic heterocycles. The summed E-state index contributed by atoms with van der Waals surface area (Å²) in [4.78, 5) is 39.8. The molecule has 1 aliphatic rings. The molecule has 160 valence electrons. The molecule has 0 bridgehead atoms. The molecule has 4 aromatic rings. The molecule has 1 aromatic carbocycles. The van der Waals surface area contributed by atoms with Gasteiger partial charge in [0.25, 0.3) is 5.56 Å². The molecule has 2 N–H and O–H groups in total. The minimum absolute atomic E-state index is 0.0194. The van der Waals surface area contributed by atoms with Gasteiger partial charge in [-0.1, -0.05) is 17.7 Å². The second kappa shape index (κ2) is 6.76. The highest BCUT2D eigenvalue weighted by Crippen LogP contribution is 2.44.